The van der Waals surface area contributed by atoms with Gasteiger partial charge in [-0.1, -0.05) is 0 Å². The van der Waals surface area contributed by atoms with Gasteiger partial charge in [-0.2, -0.15) is 0 Å². The molecule has 1 saturated heterocycles. The summed E-state index contributed by atoms with van der Waals surface area (Å²) in [7, 11) is 0. The lowest BCUT2D eigenvalue weighted by atomic mass is 9.96. The number of carbonyl (C=O) groups excluding carboxylic acids is 2. The standard InChI is InChI=1S/C15H23N3O3/c1-2-21-15(20)4-3-14(19)18-8-5-13(6-9-18)11-17-10-7-16-12-17/h7,10,12-13H,2-6,8-9,11H2,1H3. The monoisotopic (exact) mass is 293 g/mol. The minimum atomic E-state index is -0.291. The number of aromatic nitrogens is 2. The second-order valence-corrected chi connectivity index (χ2v) is 5.39. The maximum Gasteiger partial charge on any atom is 0.306 e. The number of amides is 1. The third-order valence-electron chi connectivity index (χ3n) is 3.84. The zero-order valence-electron chi connectivity index (χ0n) is 12.5. The van der Waals surface area contributed by atoms with Crippen LogP contribution in [0.15, 0.2) is 18.7 Å². The molecule has 0 atom stereocenters. The number of hydrogen-bond donors (Lipinski definition) is 0. The summed E-state index contributed by atoms with van der Waals surface area (Å²) in [4.78, 5) is 29.2. The van der Waals surface area contributed by atoms with Gasteiger partial charge in [0.25, 0.3) is 0 Å². The average molecular weight is 293 g/mol. The summed E-state index contributed by atoms with van der Waals surface area (Å²) in [6.07, 6.45) is 8.03. The predicted molar refractivity (Wildman–Crippen MR) is 77.4 cm³/mol. The number of likely N-dealkylation sites (tertiary alicyclic amines) is 1. The van der Waals surface area contributed by atoms with Crippen molar-refractivity contribution >= 4 is 11.9 Å². The van der Waals surface area contributed by atoms with Gasteiger partial charge >= 0.3 is 5.97 Å². The summed E-state index contributed by atoms with van der Waals surface area (Å²) < 4.78 is 6.92. The fourth-order valence-electron chi connectivity index (χ4n) is 2.66. The molecule has 1 aliphatic rings. The lowest BCUT2D eigenvalue weighted by Crippen LogP contribution is -2.39. The van der Waals surface area contributed by atoms with E-state index in [9.17, 15) is 9.59 Å². The molecule has 6 nitrogen and oxygen atoms in total. The number of ether oxygens (including phenoxy) is 1. The number of hydrogen-bond acceptors (Lipinski definition) is 4. The van der Waals surface area contributed by atoms with Crippen molar-refractivity contribution in [3.8, 4) is 0 Å². The highest BCUT2D eigenvalue weighted by Crippen LogP contribution is 2.19. The summed E-state index contributed by atoms with van der Waals surface area (Å²) >= 11 is 0. The van der Waals surface area contributed by atoms with E-state index < -0.39 is 0 Å². The molecule has 1 fully saturated rings. The van der Waals surface area contributed by atoms with E-state index in [2.05, 4.69) is 9.55 Å². The van der Waals surface area contributed by atoms with Gasteiger partial charge in [0.05, 0.1) is 19.4 Å². The van der Waals surface area contributed by atoms with Crippen LogP contribution < -0.4 is 0 Å². The first kappa shape index (κ1) is 15.5. The molecule has 1 aromatic heterocycles. The van der Waals surface area contributed by atoms with Crippen molar-refractivity contribution in [2.24, 2.45) is 5.92 Å². The Hall–Kier alpha value is -1.85. The normalized spacial score (nSPS) is 16.0. The molecular weight excluding hydrogens is 270 g/mol. The highest BCUT2D eigenvalue weighted by atomic mass is 16.5. The van der Waals surface area contributed by atoms with Gasteiger partial charge in [-0.3, -0.25) is 9.59 Å². The van der Waals surface area contributed by atoms with Crippen LogP contribution in [0.2, 0.25) is 0 Å². The van der Waals surface area contributed by atoms with Crippen LogP contribution in [0.5, 0.6) is 0 Å². The highest BCUT2D eigenvalue weighted by Gasteiger charge is 2.23. The van der Waals surface area contributed by atoms with Crippen molar-refractivity contribution in [1.82, 2.24) is 14.5 Å². The van der Waals surface area contributed by atoms with Gasteiger partial charge in [0, 0.05) is 38.4 Å². The van der Waals surface area contributed by atoms with Crippen molar-refractivity contribution in [3.05, 3.63) is 18.7 Å². The van der Waals surface area contributed by atoms with Gasteiger partial charge in [-0.25, -0.2) is 4.98 Å². The molecule has 0 saturated carbocycles. The molecule has 0 spiro atoms. The smallest absolute Gasteiger partial charge is 0.306 e. The Morgan fingerprint density at radius 2 is 2.05 bits per heavy atom. The van der Waals surface area contributed by atoms with Crippen molar-refractivity contribution in [1.29, 1.82) is 0 Å². The van der Waals surface area contributed by atoms with E-state index in [0.29, 0.717) is 12.5 Å². The largest absolute Gasteiger partial charge is 0.466 e. The number of carbonyl (C=O) groups is 2. The summed E-state index contributed by atoms with van der Waals surface area (Å²) in [5.41, 5.74) is 0. The number of esters is 1. The molecule has 0 aromatic carbocycles. The molecule has 6 heteroatoms. The molecule has 21 heavy (non-hydrogen) atoms. The molecule has 2 rings (SSSR count). The van der Waals surface area contributed by atoms with Gasteiger partial charge < -0.3 is 14.2 Å². The van der Waals surface area contributed by atoms with E-state index in [0.717, 1.165) is 32.5 Å². The lowest BCUT2D eigenvalue weighted by Gasteiger charge is -2.32. The zero-order chi connectivity index (χ0) is 15.1. The number of piperidine rings is 1. The second kappa shape index (κ2) is 7.81. The Kier molecular flexibility index (Phi) is 5.78. The molecule has 0 unspecified atom stereocenters. The van der Waals surface area contributed by atoms with Crippen molar-refractivity contribution < 1.29 is 14.3 Å². The molecule has 1 aliphatic heterocycles. The molecule has 0 N–H and O–H groups in total. The first-order valence-electron chi connectivity index (χ1n) is 7.58. The molecule has 2 heterocycles. The first-order chi connectivity index (χ1) is 10.2. The van der Waals surface area contributed by atoms with E-state index in [4.69, 9.17) is 4.74 Å². The Labute approximate surface area is 125 Å². The van der Waals surface area contributed by atoms with E-state index in [1.54, 1.807) is 13.1 Å². The number of rotatable bonds is 6. The maximum absolute atomic E-state index is 12.0. The molecule has 1 amide bonds. The third kappa shape index (κ3) is 4.88. The molecular formula is C15H23N3O3. The minimum Gasteiger partial charge on any atom is -0.466 e. The summed E-state index contributed by atoms with van der Waals surface area (Å²) in [6, 6.07) is 0. The Bertz CT molecular complexity index is 451. The van der Waals surface area contributed by atoms with Crippen LogP contribution in [0.3, 0.4) is 0 Å². The van der Waals surface area contributed by atoms with Gasteiger partial charge in [-0.15, -0.1) is 0 Å². The lowest BCUT2D eigenvalue weighted by molar-refractivity contribution is -0.146. The van der Waals surface area contributed by atoms with E-state index in [1.165, 1.54) is 0 Å². The number of imidazole rings is 1. The molecule has 0 radical (unpaired) electrons. The summed E-state index contributed by atoms with van der Waals surface area (Å²) in [6.45, 7) is 4.66. The van der Waals surface area contributed by atoms with Gasteiger partial charge in [0.2, 0.25) is 5.91 Å². The van der Waals surface area contributed by atoms with Gasteiger partial charge in [0.1, 0.15) is 0 Å². The van der Waals surface area contributed by atoms with Crippen LogP contribution in [0.4, 0.5) is 0 Å². The van der Waals surface area contributed by atoms with Crippen LogP contribution >= 0.6 is 0 Å². The number of nitrogens with zero attached hydrogens (tertiary/aromatic N) is 3. The second-order valence-electron chi connectivity index (χ2n) is 5.39. The SMILES string of the molecule is CCOC(=O)CCC(=O)N1CCC(Cn2ccnc2)CC1. The Morgan fingerprint density at radius 3 is 2.67 bits per heavy atom. The molecule has 116 valence electrons. The molecule has 0 bridgehead atoms. The van der Waals surface area contributed by atoms with E-state index in [-0.39, 0.29) is 24.7 Å². The fourth-order valence-corrected chi connectivity index (χ4v) is 2.66. The van der Waals surface area contributed by atoms with Crippen molar-refractivity contribution in [2.45, 2.75) is 39.2 Å². The van der Waals surface area contributed by atoms with Gasteiger partial charge in [0.15, 0.2) is 0 Å². The fraction of sp³-hybridized carbons (Fsp3) is 0.667. The molecule has 1 aromatic rings. The first-order valence-corrected chi connectivity index (χ1v) is 7.58. The van der Waals surface area contributed by atoms with Crippen LogP contribution in [-0.2, 0) is 20.9 Å². The Morgan fingerprint density at radius 1 is 1.29 bits per heavy atom. The van der Waals surface area contributed by atoms with Crippen molar-refractivity contribution in [3.63, 3.8) is 0 Å². The zero-order valence-corrected chi connectivity index (χ0v) is 12.5. The third-order valence-corrected chi connectivity index (χ3v) is 3.84. The average Bonchev–Trinajstić information content (AvgIpc) is 2.99. The van der Waals surface area contributed by atoms with Crippen LogP contribution in [0.1, 0.15) is 32.6 Å². The predicted octanol–water partition coefficient (Wildman–Crippen LogP) is 1.46. The maximum atomic E-state index is 12.0. The van der Waals surface area contributed by atoms with Crippen LogP contribution in [0, 0.1) is 5.92 Å². The Balaban J connectivity index is 1.68. The highest BCUT2D eigenvalue weighted by molar-refractivity contribution is 5.81. The van der Waals surface area contributed by atoms with E-state index >= 15 is 0 Å². The summed E-state index contributed by atoms with van der Waals surface area (Å²) in [5, 5.41) is 0. The topological polar surface area (TPSA) is 64.4 Å². The van der Waals surface area contributed by atoms with Crippen molar-refractivity contribution in [2.75, 3.05) is 19.7 Å². The summed E-state index contributed by atoms with van der Waals surface area (Å²) in [5.74, 6) is 0.360. The van der Waals surface area contributed by atoms with E-state index in [1.807, 2.05) is 17.4 Å². The van der Waals surface area contributed by atoms with Gasteiger partial charge in [-0.05, 0) is 25.7 Å². The van der Waals surface area contributed by atoms with Crippen LogP contribution in [0.25, 0.3) is 0 Å². The molecule has 0 aliphatic carbocycles. The quantitative estimate of drug-likeness (QED) is 0.745. The minimum absolute atomic E-state index is 0.0594. The van der Waals surface area contributed by atoms with Crippen LogP contribution in [-0.4, -0.2) is 46.0 Å².